The van der Waals surface area contributed by atoms with Gasteiger partial charge in [0.25, 0.3) is 0 Å². The monoisotopic (exact) mass is 254 g/mol. The van der Waals surface area contributed by atoms with Crippen LogP contribution in [0.2, 0.25) is 0 Å². The minimum absolute atomic E-state index is 0.0915. The van der Waals surface area contributed by atoms with Crippen LogP contribution >= 0.6 is 0 Å². The number of aromatic hydroxyl groups is 1. The average molecular weight is 254 g/mol. The van der Waals surface area contributed by atoms with Crippen LogP contribution in [0.3, 0.4) is 0 Å². The molecule has 0 aliphatic heterocycles. The summed E-state index contributed by atoms with van der Waals surface area (Å²) >= 11 is 0. The fourth-order valence-electron chi connectivity index (χ4n) is 1.61. The molecular formula is C13H19FN2O2. The third-order valence-electron chi connectivity index (χ3n) is 2.48. The summed E-state index contributed by atoms with van der Waals surface area (Å²) in [5.41, 5.74) is 0.564. The molecule has 0 bridgehead atoms. The average Bonchev–Trinajstić information content (AvgIpc) is 2.25. The molecule has 0 aliphatic carbocycles. The quantitative estimate of drug-likeness (QED) is 0.749. The molecule has 0 aliphatic rings. The molecule has 1 amide bonds. The van der Waals surface area contributed by atoms with E-state index in [1.54, 1.807) is 6.92 Å². The van der Waals surface area contributed by atoms with Crippen LogP contribution in [0.25, 0.3) is 0 Å². The highest BCUT2D eigenvalue weighted by atomic mass is 19.1. The SMILES string of the molecule is CC(C)NC(=O)CNC(C)c1ccc(F)cc1O. The Bertz CT molecular complexity index is 421. The van der Waals surface area contributed by atoms with E-state index in [1.807, 2.05) is 13.8 Å². The lowest BCUT2D eigenvalue weighted by molar-refractivity contribution is -0.120. The van der Waals surface area contributed by atoms with E-state index in [1.165, 1.54) is 12.1 Å². The first kappa shape index (κ1) is 14.4. The number of carbonyl (C=O) groups excluding carboxylic acids is 1. The van der Waals surface area contributed by atoms with Crippen molar-refractivity contribution in [2.45, 2.75) is 32.9 Å². The molecule has 1 atom stereocenters. The van der Waals surface area contributed by atoms with Crippen molar-refractivity contribution in [1.29, 1.82) is 0 Å². The zero-order valence-corrected chi connectivity index (χ0v) is 10.8. The van der Waals surface area contributed by atoms with Crippen molar-refractivity contribution in [2.24, 2.45) is 0 Å². The maximum absolute atomic E-state index is 12.8. The number of hydrogen-bond donors (Lipinski definition) is 3. The van der Waals surface area contributed by atoms with E-state index >= 15 is 0 Å². The molecule has 1 rings (SSSR count). The second-order valence-corrected chi connectivity index (χ2v) is 4.53. The Kier molecular flexibility index (Phi) is 5.09. The van der Waals surface area contributed by atoms with Gasteiger partial charge in [0.15, 0.2) is 0 Å². The van der Waals surface area contributed by atoms with Crippen molar-refractivity contribution in [1.82, 2.24) is 10.6 Å². The number of phenolic OH excluding ortho intramolecular Hbond substituents is 1. The molecule has 1 aromatic rings. The Labute approximate surface area is 106 Å². The third-order valence-corrected chi connectivity index (χ3v) is 2.48. The van der Waals surface area contributed by atoms with Crippen LogP contribution in [-0.4, -0.2) is 23.6 Å². The van der Waals surface area contributed by atoms with Gasteiger partial charge in [0.1, 0.15) is 11.6 Å². The summed E-state index contributed by atoms with van der Waals surface area (Å²) in [7, 11) is 0. The Morgan fingerprint density at radius 3 is 2.61 bits per heavy atom. The number of benzene rings is 1. The Morgan fingerprint density at radius 1 is 1.39 bits per heavy atom. The fourth-order valence-corrected chi connectivity index (χ4v) is 1.61. The second kappa shape index (κ2) is 6.35. The lowest BCUT2D eigenvalue weighted by Gasteiger charge is -2.16. The molecule has 18 heavy (non-hydrogen) atoms. The maximum Gasteiger partial charge on any atom is 0.234 e. The normalized spacial score (nSPS) is 12.5. The van der Waals surface area contributed by atoms with Crippen LogP contribution in [0.4, 0.5) is 4.39 Å². The maximum atomic E-state index is 12.8. The van der Waals surface area contributed by atoms with Crippen molar-refractivity contribution in [2.75, 3.05) is 6.54 Å². The van der Waals surface area contributed by atoms with Gasteiger partial charge in [-0.1, -0.05) is 6.07 Å². The number of hydrogen-bond acceptors (Lipinski definition) is 3. The van der Waals surface area contributed by atoms with Crippen LogP contribution in [0, 0.1) is 5.82 Å². The molecule has 0 fully saturated rings. The molecule has 5 heteroatoms. The number of amides is 1. The van der Waals surface area contributed by atoms with Gasteiger partial charge < -0.3 is 15.7 Å². The van der Waals surface area contributed by atoms with Crippen molar-refractivity contribution >= 4 is 5.91 Å². The van der Waals surface area contributed by atoms with Crippen LogP contribution < -0.4 is 10.6 Å². The summed E-state index contributed by atoms with van der Waals surface area (Å²) in [5, 5.41) is 15.3. The molecule has 0 radical (unpaired) electrons. The van der Waals surface area contributed by atoms with Gasteiger partial charge in [-0.25, -0.2) is 4.39 Å². The van der Waals surface area contributed by atoms with Crippen LogP contribution in [0.15, 0.2) is 18.2 Å². The van der Waals surface area contributed by atoms with Gasteiger partial charge in [0, 0.05) is 23.7 Å². The highest BCUT2D eigenvalue weighted by Gasteiger charge is 2.12. The van der Waals surface area contributed by atoms with Gasteiger partial charge in [-0.2, -0.15) is 0 Å². The Balaban J connectivity index is 2.55. The number of rotatable bonds is 5. The summed E-state index contributed by atoms with van der Waals surface area (Å²) in [6.07, 6.45) is 0. The highest BCUT2D eigenvalue weighted by Crippen LogP contribution is 2.24. The predicted molar refractivity (Wildman–Crippen MR) is 67.8 cm³/mol. The van der Waals surface area contributed by atoms with E-state index in [-0.39, 0.29) is 30.3 Å². The van der Waals surface area contributed by atoms with Gasteiger partial charge in [-0.05, 0) is 26.8 Å². The first-order valence-corrected chi connectivity index (χ1v) is 5.91. The first-order valence-electron chi connectivity index (χ1n) is 5.91. The lowest BCUT2D eigenvalue weighted by Crippen LogP contribution is -2.38. The van der Waals surface area contributed by atoms with Crippen molar-refractivity contribution in [3.05, 3.63) is 29.6 Å². The summed E-state index contributed by atoms with van der Waals surface area (Å²) in [6.45, 7) is 5.71. The van der Waals surface area contributed by atoms with E-state index in [0.717, 1.165) is 6.07 Å². The topological polar surface area (TPSA) is 61.4 Å². The van der Waals surface area contributed by atoms with E-state index in [0.29, 0.717) is 5.56 Å². The summed E-state index contributed by atoms with van der Waals surface area (Å²) in [5.74, 6) is -0.710. The largest absolute Gasteiger partial charge is 0.508 e. The molecule has 1 aromatic carbocycles. The molecule has 0 saturated heterocycles. The van der Waals surface area contributed by atoms with Gasteiger partial charge in [-0.15, -0.1) is 0 Å². The number of halogens is 1. The Hall–Kier alpha value is -1.62. The van der Waals surface area contributed by atoms with E-state index in [2.05, 4.69) is 10.6 Å². The van der Waals surface area contributed by atoms with Crippen molar-refractivity contribution < 1.29 is 14.3 Å². The minimum Gasteiger partial charge on any atom is -0.508 e. The molecule has 0 saturated carbocycles. The lowest BCUT2D eigenvalue weighted by atomic mass is 10.1. The van der Waals surface area contributed by atoms with Crippen LogP contribution in [-0.2, 0) is 4.79 Å². The highest BCUT2D eigenvalue weighted by molar-refractivity contribution is 5.78. The standard InChI is InChI=1S/C13H19FN2O2/c1-8(2)16-13(18)7-15-9(3)11-5-4-10(14)6-12(11)17/h4-6,8-9,15,17H,7H2,1-3H3,(H,16,18). The minimum atomic E-state index is -0.485. The molecule has 0 heterocycles. The van der Waals surface area contributed by atoms with E-state index in [4.69, 9.17) is 0 Å². The zero-order chi connectivity index (χ0) is 13.7. The fraction of sp³-hybridized carbons (Fsp3) is 0.462. The smallest absolute Gasteiger partial charge is 0.234 e. The van der Waals surface area contributed by atoms with Crippen molar-refractivity contribution in [3.8, 4) is 5.75 Å². The molecule has 4 nitrogen and oxygen atoms in total. The van der Waals surface area contributed by atoms with E-state index < -0.39 is 5.82 Å². The number of phenols is 1. The van der Waals surface area contributed by atoms with Crippen LogP contribution in [0.1, 0.15) is 32.4 Å². The number of carbonyl (C=O) groups is 1. The van der Waals surface area contributed by atoms with Crippen LogP contribution in [0.5, 0.6) is 5.75 Å². The predicted octanol–water partition coefficient (Wildman–Crippen LogP) is 1.71. The summed E-state index contributed by atoms with van der Waals surface area (Å²) < 4.78 is 12.8. The van der Waals surface area contributed by atoms with Gasteiger partial charge in [-0.3, -0.25) is 4.79 Å². The molecule has 3 N–H and O–H groups in total. The molecule has 0 spiro atoms. The molecule has 1 unspecified atom stereocenters. The van der Waals surface area contributed by atoms with Gasteiger partial charge in [0.2, 0.25) is 5.91 Å². The van der Waals surface area contributed by atoms with E-state index in [9.17, 15) is 14.3 Å². The first-order chi connectivity index (χ1) is 8.40. The molecule has 0 aromatic heterocycles. The number of nitrogens with one attached hydrogen (secondary N) is 2. The van der Waals surface area contributed by atoms with Crippen molar-refractivity contribution in [3.63, 3.8) is 0 Å². The van der Waals surface area contributed by atoms with Gasteiger partial charge >= 0.3 is 0 Å². The van der Waals surface area contributed by atoms with Gasteiger partial charge in [0.05, 0.1) is 6.54 Å². The zero-order valence-electron chi connectivity index (χ0n) is 10.8. The second-order valence-electron chi connectivity index (χ2n) is 4.53. The Morgan fingerprint density at radius 2 is 2.06 bits per heavy atom. The summed E-state index contributed by atoms with van der Waals surface area (Å²) in [4.78, 5) is 11.4. The molecule has 100 valence electrons. The summed E-state index contributed by atoms with van der Waals surface area (Å²) in [6, 6.07) is 3.70. The molecular weight excluding hydrogens is 235 g/mol. The third kappa shape index (κ3) is 4.33.